The summed E-state index contributed by atoms with van der Waals surface area (Å²) in [6.45, 7) is 0. The van der Waals surface area contributed by atoms with Crippen LogP contribution in [0.2, 0.25) is 0 Å². The summed E-state index contributed by atoms with van der Waals surface area (Å²) in [6, 6.07) is 10.5. The molecular weight excluding hydrogens is 286 g/mol. The van der Waals surface area contributed by atoms with E-state index in [4.69, 9.17) is 5.11 Å². The molecule has 0 unspecified atom stereocenters. The van der Waals surface area contributed by atoms with Gasteiger partial charge in [-0.15, -0.1) is 0 Å². The molecule has 86 valence electrons. The first-order chi connectivity index (χ1) is 8.09. The van der Waals surface area contributed by atoms with Crippen molar-refractivity contribution >= 4 is 21.9 Å². The summed E-state index contributed by atoms with van der Waals surface area (Å²) in [5.74, 6) is -1.24. The van der Waals surface area contributed by atoms with Crippen molar-refractivity contribution in [1.29, 1.82) is 0 Å². The summed E-state index contributed by atoms with van der Waals surface area (Å²) in [6.07, 6.45) is 0. The molecule has 0 aliphatic carbocycles. The normalized spacial score (nSPS) is 10.2. The first kappa shape index (κ1) is 11.6. The monoisotopic (exact) mass is 293 g/mol. The first-order valence-corrected chi connectivity index (χ1v) is 5.60. The Balaban J connectivity index is 2.63. The van der Waals surface area contributed by atoms with Crippen molar-refractivity contribution in [3.63, 3.8) is 0 Å². The van der Waals surface area contributed by atoms with Crippen LogP contribution in [0.5, 0.6) is 0 Å². The number of carboxylic acid groups (broad SMARTS) is 1. The molecule has 4 nitrogen and oxygen atoms in total. The van der Waals surface area contributed by atoms with Gasteiger partial charge in [-0.2, -0.15) is 0 Å². The van der Waals surface area contributed by atoms with Gasteiger partial charge in [0.25, 0.3) is 5.56 Å². The van der Waals surface area contributed by atoms with E-state index in [2.05, 4.69) is 20.9 Å². The molecule has 0 aliphatic heterocycles. The predicted octanol–water partition coefficient (Wildman–Crippen LogP) is 2.50. The minimum atomic E-state index is -1.24. The van der Waals surface area contributed by atoms with E-state index >= 15 is 0 Å². The highest BCUT2D eigenvalue weighted by Crippen LogP contribution is 2.25. The van der Waals surface area contributed by atoms with Crippen LogP contribution in [-0.4, -0.2) is 16.1 Å². The van der Waals surface area contributed by atoms with E-state index in [1.807, 2.05) is 30.3 Å². The molecule has 0 saturated heterocycles. The minimum absolute atomic E-state index is 0.281. The SMILES string of the molecule is O=C(O)c1cc(Br)c(-c2ccccc2)[nH]c1=O. The number of benzene rings is 1. The number of hydrogen-bond acceptors (Lipinski definition) is 2. The quantitative estimate of drug-likeness (QED) is 0.894. The third-order valence-corrected chi connectivity index (χ3v) is 2.91. The van der Waals surface area contributed by atoms with Gasteiger partial charge in [-0.05, 0) is 27.6 Å². The molecule has 0 saturated carbocycles. The molecule has 0 atom stereocenters. The Kier molecular flexibility index (Phi) is 3.10. The van der Waals surface area contributed by atoms with Crippen LogP contribution in [0.1, 0.15) is 10.4 Å². The molecule has 17 heavy (non-hydrogen) atoms. The number of aromatic amines is 1. The Hall–Kier alpha value is -1.88. The van der Waals surface area contributed by atoms with Crippen molar-refractivity contribution < 1.29 is 9.90 Å². The molecule has 0 aliphatic rings. The number of nitrogens with one attached hydrogen (secondary N) is 1. The molecule has 1 aromatic carbocycles. The van der Waals surface area contributed by atoms with Crippen LogP contribution in [0.4, 0.5) is 0 Å². The molecular formula is C12H8BrNO3. The van der Waals surface area contributed by atoms with Crippen molar-refractivity contribution in [2.45, 2.75) is 0 Å². The van der Waals surface area contributed by atoms with E-state index in [9.17, 15) is 9.59 Å². The van der Waals surface area contributed by atoms with Crippen LogP contribution in [0.15, 0.2) is 45.7 Å². The maximum absolute atomic E-state index is 11.5. The largest absolute Gasteiger partial charge is 0.477 e. The summed E-state index contributed by atoms with van der Waals surface area (Å²) in [4.78, 5) is 24.9. The Bertz CT molecular complexity index is 619. The molecule has 0 bridgehead atoms. The Morgan fingerprint density at radius 1 is 1.24 bits per heavy atom. The van der Waals surface area contributed by atoms with E-state index in [0.29, 0.717) is 10.2 Å². The highest BCUT2D eigenvalue weighted by Gasteiger charge is 2.13. The first-order valence-electron chi connectivity index (χ1n) is 4.81. The standard InChI is InChI=1S/C12H8BrNO3/c13-9-6-8(12(16)17)11(15)14-10(9)7-4-2-1-3-5-7/h1-6H,(H,14,15)(H,16,17). The number of aromatic nitrogens is 1. The zero-order valence-corrected chi connectivity index (χ0v) is 10.2. The summed E-state index contributed by atoms with van der Waals surface area (Å²) in [5, 5.41) is 8.81. The van der Waals surface area contributed by atoms with E-state index in [1.165, 1.54) is 6.07 Å². The van der Waals surface area contributed by atoms with E-state index < -0.39 is 11.5 Å². The summed E-state index contributed by atoms with van der Waals surface area (Å²) in [5.41, 5.74) is 0.491. The van der Waals surface area contributed by atoms with Gasteiger partial charge in [0.1, 0.15) is 5.56 Å². The number of aromatic carboxylic acids is 1. The second kappa shape index (κ2) is 4.55. The molecule has 0 fully saturated rings. The lowest BCUT2D eigenvalue weighted by molar-refractivity contribution is 0.0695. The van der Waals surface area contributed by atoms with Gasteiger partial charge in [0.05, 0.1) is 5.69 Å². The Morgan fingerprint density at radius 2 is 1.88 bits per heavy atom. The molecule has 5 heteroatoms. The van der Waals surface area contributed by atoms with E-state index in [1.54, 1.807) is 0 Å². The minimum Gasteiger partial charge on any atom is -0.477 e. The highest BCUT2D eigenvalue weighted by molar-refractivity contribution is 9.10. The third kappa shape index (κ3) is 2.29. The number of halogens is 1. The van der Waals surface area contributed by atoms with Gasteiger partial charge in [0.2, 0.25) is 0 Å². The maximum atomic E-state index is 11.5. The van der Waals surface area contributed by atoms with Gasteiger partial charge in [0.15, 0.2) is 0 Å². The van der Waals surface area contributed by atoms with Crippen LogP contribution in [-0.2, 0) is 0 Å². The molecule has 2 rings (SSSR count). The predicted molar refractivity (Wildman–Crippen MR) is 67.2 cm³/mol. The zero-order chi connectivity index (χ0) is 12.4. The number of carbonyl (C=O) groups is 1. The molecule has 0 amide bonds. The van der Waals surface area contributed by atoms with Gasteiger partial charge < -0.3 is 10.1 Å². The van der Waals surface area contributed by atoms with Gasteiger partial charge in [-0.1, -0.05) is 30.3 Å². The Morgan fingerprint density at radius 3 is 2.47 bits per heavy atom. The van der Waals surface area contributed by atoms with Gasteiger partial charge in [-0.25, -0.2) is 4.79 Å². The van der Waals surface area contributed by atoms with E-state index in [0.717, 1.165) is 5.56 Å². The number of rotatable bonds is 2. The average Bonchev–Trinajstić information content (AvgIpc) is 2.32. The van der Waals surface area contributed by atoms with Crippen molar-refractivity contribution in [3.8, 4) is 11.3 Å². The fourth-order valence-electron chi connectivity index (χ4n) is 1.48. The summed E-state index contributed by atoms with van der Waals surface area (Å²) in [7, 11) is 0. The van der Waals surface area contributed by atoms with Gasteiger partial charge >= 0.3 is 5.97 Å². The molecule has 0 radical (unpaired) electrons. The van der Waals surface area contributed by atoms with Crippen molar-refractivity contribution in [1.82, 2.24) is 4.98 Å². The number of pyridine rings is 1. The van der Waals surface area contributed by atoms with Crippen LogP contribution >= 0.6 is 15.9 Å². The topological polar surface area (TPSA) is 70.2 Å². The number of carboxylic acids is 1. The fourth-order valence-corrected chi connectivity index (χ4v) is 2.04. The van der Waals surface area contributed by atoms with Crippen molar-refractivity contribution in [2.24, 2.45) is 0 Å². The maximum Gasteiger partial charge on any atom is 0.341 e. The zero-order valence-electron chi connectivity index (χ0n) is 8.61. The lowest BCUT2D eigenvalue weighted by atomic mass is 10.1. The van der Waals surface area contributed by atoms with Crippen LogP contribution in [0, 0.1) is 0 Å². The molecule has 1 aromatic heterocycles. The molecule has 2 aromatic rings. The summed E-state index contributed by atoms with van der Waals surface area (Å²) >= 11 is 3.25. The Labute approximate surface area is 105 Å². The number of H-pyrrole nitrogens is 1. The highest BCUT2D eigenvalue weighted by atomic mass is 79.9. The van der Waals surface area contributed by atoms with Crippen molar-refractivity contribution in [2.75, 3.05) is 0 Å². The number of hydrogen-bond donors (Lipinski definition) is 2. The fraction of sp³-hybridized carbons (Fsp3) is 0. The van der Waals surface area contributed by atoms with Gasteiger partial charge in [0, 0.05) is 4.47 Å². The van der Waals surface area contributed by atoms with Crippen LogP contribution in [0.3, 0.4) is 0 Å². The molecule has 1 heterocycles. The second-order valence-electron chi connectivity index (χ2n) is 3.41. The smallest absolute Gasteiger partial charge is 0.341 e. The van der Waals surface area contributed by atoms with Gasteiger partial charge in [-0.3, -0.25) is 4.79 Å². The summed E-state index contributed by atoms with van der Waals surface area (Å²) < 4.78 is 0.542. The van der Waals surface area contributed by atoms with Crippen LogP contribution in [0.25, 0.3) is 11.3 Å². The van der Waals surface area contributed by atoms with Crippen molar-refractivity contribution in [3.05, 3.63) is 56.8 Å². The average molecular weight is 294 g/mol. The molecule has 2 N–H and O–H groups in total. The van der Waals surface area contributed by atoms with Crippen LogP contribution < -0.4 is 5.56 Å². The molecule has 0 spiro atoms. The lowest BCUT2D eigenvalue weighted by Crippen LogP contribution is -2.18. The second-order valence-corrected chi connectivity index (χ2v) is 4.26. The third-order valence-electron chi connectivity index (χ3n) is 2.29. The van der Waals surface area contributed by atoms with E-state index in [-0.39, 0.29) is 5.56 Å². The lowest BCUT2D eigenvalue weighted by Gasteiger charge is -2.05.